The first-order valence-corrected chi connectivity index (χ1v) is 12.2. The third-order valence-corrected chi connectivity index (χ3v) is 6.62. The number of phenols is 1. The van der Waals surface area contributed by atoms with Crippen molar-refractivity contribution < 1.29 is 24.2 Å². The van der Waals surface area contributed by atoms with Crippen molar-refractivity contribution in [2.24, 2.45) is 0 Å². The second kappa shape index (κ2) is 10.6. The van der Waals surface area contributed by atoms with Crippen LogP contribution in [0.3, 0.4) is 0 Å². The van der Waals surface area contributed by atoms with Crippen LogP contribution in [0.15, 0.2) is 35.2 Å². The largest absolute Gasteiger partial charge is 0.504 e. The number of amides is 2. The van der Waals surface area contributed by atoms with Gasteiger partial charge in [-0.1, -0.05) is 26.0 Å². The Bertz CT molecular complexity index is 1070. The van der Waals surface area contributed by atoms with Crippen LogP contribution in [0.25, 0.3) is 6.08 Å². The fraction of sp³-hybridized carbons (Fsp3) is 0.333. The van der Waals surface area contributed by atoms with E-state index >= 15 is 0 Å². The summed E-state index contributed by atoms with van der Waals surface area (Å²) in [5, 5.41) is 9.79. The molecule has 8 heteroatoms. The molecule has 32 heavy (non-hydrogen) atoms. The number of hydrogen-bond donors (Lipinski definition) is 1. The third-order valence-electron chi connectivity index (χ3n) is 4.89. The minimum Gasteiger partial charge on any atom is -0.504 e. The van der Waals surface area contributed by atoms with Gasteiger partial charge >= 0.3 is 0 Å². The van der Waals surface area contributed by atoms with Crippen LogP contribution >= 0.6 is 34.4 Å². The molecule has 0 radical (unpaired) electrons. The Morgan fingerprint density at radius 2 is 1.91 bits per heavy atom. The summed E-state index contributed by atoms with van der Waals surface area (Å²) in [6.07, 6.45) is 1.65. The lowest BCUT2D eigenvalue weighted by molar-refractivity contribution is -0.123. The van der Waals surface area contributed by atoms with Crippen molar-refractivity contribution in [2.75, 3.05) is 19.8 Å². The molecule has 1 N–H and O–H groups in total. The molecule has 0 atom stereocenters. The van der Waals surface area contributed by atoms with Gasteiger partial charge in [-0.3, -0.25) is 14.5 Å². The zero-order valence-electron chi connectivity index (χ0n) is 18.5. The van der Waals surface area contributed by atoms with Crippen molar-refractivity contribution in [3.05, 3.63) is 55.5 Å². The van der Waals surface area contributed by atoms with Crippen LogP contribution in [-0.4, -0.2) is 40.9 Å². The molecule has 0 unspecified atom stereocenters. The number of phenolic OH excluding ortho intramolecular Hbond substituents is 1. The molecule has 2 amide bonds. The zero-order valence-corrected chi connectivity index (χ0v) is 21.5. The number of carbonyl (C=O) groups is 2. The summed E-state index contributed by atoms with van der Waals surface area (Å²) in [5.41, 5.74) is 2.86. The monoisotopic (exact) mass is 567 g/mol. The molecule has 1 saturated heterocycles. The number of carbonyl (C=O) groups excluding carboxylic acids is 2. The fourth-order valence-electron chi connectivity index (χ4n) is 3.28. The Morgan fingerprint density at radius 1 is 1.16 bits per heavy atom. The summed E-state index contributed by atoms with van der Waals surface area (Å²) in [4.78, 5) is 26.8. The number of thioether (sulfide) groups is 1. The molecular formula is C24H26INO5S. The zero-order chi connectivity index (χ0) is 23.4. The van der Waals surface area contributed by atoms with Crippen molar-refractivity contribution in [3.8, 4) is 17.2 Å². The van der Waals surface area contributed by atoms with Gasteiger partial charge in [-0.05, 0) is 95.1 Å². The van der Waals surface area contributed by atoms with E-state index in [0.717, 1.165) is 28.6 Å². The first-order chi connectivity index (χ1) is 15.2. The smallest absolute Gasteiger partial charge is 0.293 e. The number of benzene rings is 2. The summed E-state index contributed by atoms with van der Waals surface area (Å²) in [7, 11) is 0. The van der Waals surface area contributed by atoms with E-state index in [4.69, 9.17) is 9.47 Å². The normalized spacial score (nSPS) is 15.2. The van der Waals surface area contributed by atoms with Crippen LogP contribution in [0.1, 0.15) is 43.4 Å². The van der Waals surface area contributed by atoms with Gasteiger partial charge in [0.25, 0.3) is 11.1 Å². The average Bonchev–Trinajstić information content (AvgIpc) is 2.99. The van der Waals surface area contributed by atoms with E-state index in [1.54, 1.807) is 18.2 Å². The quantitative estimate of drug-likeness (QED) is 0.314. The van der Waals surface area contributed by atoms with Gasteiger partial charge in [-0.2, -0.15) is 0 Å². The average molecular weight is 567 g/mol. The van der Waals surface area contributed by atoms with Gasteiger partial charge in [0, 0.05) is 0 Å². The molecule has 0 bridgehead atoms. The highest BCUT2D eigenvalue weighted by Crippen LogP contribution is 2.36. The standard InChI is InChI=1S/C24H26INO5S/c1-5-30-20-12-16(11-18(25)22(20)27)13-21-23(28)26(24(29)32-21)8-9-31-19-10-15(4)6-7-17(19)14(2)3/h6-7,10-14,27H,5,8-9H2,1-4H3/b21-13-. The molecule has 3 rings (SSSR count). The van der Waals surface area contributed by atoms with Crippen LogP contribution < -0.4 is 9.47 Å². The van der Waals surface area contributed by atoms with Gasteiger partial charge in [-0.15, -0.1) is 0 Å². The topological polar surface area (TPSA) is 76.1 Å². The van der Waals surface area contributed by atoms with E-state index in [2.05, 4.69) is 13.8 Å². The Balaban J connectivity index is 1.71. The summed E-state index contributed by atoms with van der Waals surface area (Å²) in [6.45, 7) is 8.82. The summed E-state index contributed by atoms with van der Waals surface area (Å²) >= 11 is 2.90. The number of aromatic hydroxyl groups is 1. The lowest BCUT2D eigenvalue weighted by atomic mass is 10.0. The van der Waals surface area contributed by atoms with Gasteiger partial charge in [0.05, 0.1) is 21.6 Å². The van der Waals surface area contributed by atoms with Crippen LogP contribution in [0.2, 0.25) is 0 Å². The van der Waals surface area contributed by atoms with Crippen molar-refractivity contribution in [1.82, 2.24) is 4.90 Å². The molecule has 1 fully saturated rings. The molecule has 6 nitrogen and oxygen atoms in total. The van der Waals surface area contributed by atoms with Crippen molar-refractivity contribution in [1.29, 1.82) is 0 Å². The Morgan fingerprint density at radius 3 is 2.59 bits per heavy atom. The van der Waals surface area contributed by atoms with E-state index in [-0.39, 0.29) is 30.0 Å². The van der Waals surface area contributed by atoms with E-state index < -0.39 is 0 Å². The molecule has 0 aliphatic carbocycles. The highest BCUT2D eigenvalue weighted by molar-refractivity contribution is 14.1. The van der Waals surface area contributed by atoms with Gasteiger partial charge in [-0.25, -0.2) is 0 Å². The molecule has 0 spiro atoms. The molecule has 1 heterocycles. The highest BCUT2D eigenvalue weighted by atomic mass is 127. The van der Waals surface area contributed by atoms with Crippen molar-refractivity contribution in [3.63, 3.8) is 0 Å². The Kier molecular flexibility index (Phi) is 8.10. The van der Waals surface area contributed by atoms with E-state index in [9.17, 15) is 14.7 Å². The number of halogens is 1. The van der Waals surface area contributed by atoms with E-state index in [0.29, 0.717) is 32.3 Å². The molecule has 0 saturated carbocycles. The molecular weight excluding hydrogens is 541 g/mol. The van der Waals surface area contributed by atoms with Crippen LogP contribution in [0.4, 0.5) is 4.79 Å². The fourth-order valence-corrected chi connectivity index (χ4v) is 4.77. The first-order valence-electron chi connectivity index (χ1n) is 10.3. The summed E-state index contributed by atoms with van der Waals surface area (Å²) in [6, 6.07) is 9.47. The van der Waals surface area contributed by atoms with Gasteiger partial charge in [0.2, 0.25) is 0 Å². The van der Waals surface area contributed by atoms with Crippen LogP contribution in [-0.2, 0) is 4.79 Å². The number of imide groups is 1. The number of rotatable bonds is 8. The maximum Gasteiger partial charge on any atom is 0.293 e. The predicted molar refractivity (Wildman–Crippen MR) is 135 cm³/mol. The Hall–Kier alpha value is -2.20. The predicted octanol–water partition coefficient (Wildman–Crippen LogP) is 5.94. The highest BCUT2D eigenvalue weighted by Gasteiger charge is 2.35. The maximum atomic E-state index is 12.8. The second-order valence-electron chi connectivity index (χ2n) is 7.66. The molecule has 2 aromatic carbocycles. The van der Waals surface area contributed by atoms with E-state index in [1.165, 1.54) is 4.90 Å². The lowest BCUT2D eigenvalue weighted by Gasteiger charge is -2.17. The minimum absolute atomic E-state index is 0.0618. The third kappa shape index (κ3) is 5.58. The number of hydrogen-bond acceptors (Lipinski definition) is 6. The van der Waals surface area contributed by atoms with Gasteiger partial charge in [0.1, 0.15) is 12.4 Å². The van der Waals surface area contributed by atoms with Gasteiger partial charge in [0.15, 0.2) is 11.5 Å². The summed E-state index contributed by atoms with van der Waals surface area (Å²) in [5.74, 6) is 1.15. The van der Waals surface area contributed by atoms with Crippen LogP contribution in [0.5, 0.6) is 17.2 Å². The number of ether oxygens (including phenoxy) is 2. The molecule has 1 aliphatic heterocycles. The number of nitrogens with zero attached hydrogens (tertiary/aromatic N) is 1. The SMILES string of the molecule is CCOc1cc(/C=C2\SC(=O)N(CCOc3cc(C)ccc3C(C)C)C2=O)cc(I)c1O. The molecule has 2 aromatic rings. The maximum absolute atomic E-state index is 12.8. The molecule has 170 valence electrons. The second-order valence-corrected chi connectivity index (χ2v) is 9.82. The van der Waals surface area contributed by atoms with Crippen molar-refractivity contribution >= 4 is 51.6 Å². The van der Waals surface area contributed by atoms with Crippen molar-refractivity contribution in [2.45, 2.75) is 33.6 Å². The van der Waals surface area contributed by atoms with Crippen LogP contribution in [0, 0.1) is 10.5 Å². The number of aryl methyl sites for hydroxylation is 1. The first kappa shape index (κ1) is 24.4. The molecule has 1 aliphatic rings. The molecule has 0 aromatic heterocycles. The van der Waals surface area contributed by atoms with Gasteiger partial charge < -0.3 is 14.6 Å². The minimum atomic E-state index is -0.349. The van der Waals surface area contributed by atoms with E-state index in [1.807, 2.05) is 54.6 Å². The summed E-state index contributed by atoms with van der Waals surface area (Å²) < 4.78 is 12.0. The lowest BCUT2D eigenvalue weighted by Crippen LogP contribution is -2.32. The Labute approximate surface area is 206 Å².